The van der Waals surface area contributed by atoms with E-state index in [1.165, 1.54) is 0 Å². The van der Waals surface area contributed by atoms with E-state index in [9.17, 15) is 14.4 Å². The highest BCUT2D eigenvalue weighted by Gasteiger charge is 2.36. The molecular weight excluding hydrogens is 404 g/mol. The fraction of sp³-hybridized carbons (Fsp3) is 0.348. The molecule has 0 aliphatic carbocycles. The van der Waals surface area contributed by atoms with E-state index in [4.69, 9.17) is 16.3 Å². The lowest BCUT2D eigenvalue weighted by Gasteiger charge is -2.38. The van der Waals surface area contributed by atoms with Crippen LogP contribution >= 0.6 is 11.6 Å². The lowest BCUT2D eigenvalue weighted by atomic mass is 9.74. The zero-order valence-corrected chi connectivity index (χ0v) is 17.3. The van der Waals surface area contributed by atoms with Gasteiger partial charge in [-0.15, -0.1) is 0 Å². The van der Waals surface area contributed by atoms with E-state index in [1.807, 2.05) is 24.3 Å². The highest BCUT2D eigenvalue weighted by molar-refractivity contribution is 6.30. The van der Waals surface area contributed by atoms with Crippen LogP contribution in [-0.4, -0.2) is 48.9 Å². The van der Waals surface area contributed by atoms with Gasteiger partial charge in [-0.05, 0) is 42.7 Å². The smallest absolute Gasteiger partial charge is 0.261 e. The van der Waals surface area contributed by atoms with E-state index in [0.717, 1.165) is 23.3 Å². The van der Waals surface area contributed by atoms with Crippen LogP contribution in [0.5, 0.6) is 0 Å². The second-order valence-electron chi connectivity index (χ2n) is 7.74. The van der Waals surface area contributed by atoms with Gasteiger partial charge in [0.2, 0.25) is 5.91 Å². The van der Waals surface area contributed by atoms with Crippen molar-refractivity contribution in [3.8, 4) is 0 Å². The molecule has 0 unspecified atom stereocenters. The molecule has 0 atom stereocenters. The van der Waals surface area contributed by atoms with Crippen LogP contribution in [0.3, 0.4) is 0 Å². The maximum atomic E-state index is 12.6. The molecule has 0 spiro atoms. The third-order valence-electron chi connectivity index (χ3n) is 5.95. The van der Waals surface area contributed by atoms with E-state index in [-0.39, 0.29) is 36.1 Å². The van der Waals surface area contributed by atoms with Crippen LogP contribution in [0.15, 0.2) is 48.5 Å². The van der Waals surface area contributed by atoms with Crippen LogP contribution in [0.25, 0.3) is 0 Å². The Morgan fingerprint density at radius 3 is 2.33 bits per heavy atom. The molecule has 30 heavy (non-hydrogen) atoms. The van der Waals surface area contributed by atoms with Gasteiger partial charge in [0.05, 0.1) is 11.1 Å². The van der Waals surface area contributed by atoms with Crippen LogP contribution in [0.1, 0.15) is 45.5 Å². The average Bonchev–Trinajstić information content (AvgIpc) is 3.01. The van der Waals surface area contributed by atoms with Crippen LogP contribution in [0.2, 0.25) is 5.02 Å². The number of hydrogen-bond acceptors (Lipinski definition) is 4. The lowest BCUT2D eigenvalue weighted by molar-refractivity contribution is -0.121. The van der Waals surface area contributed by atoms with Gasteiger partial charge in [0.1, 0.15) is 0 Å². The fourth-order valence-electron chi connectivity index (χ4n) is 4.16. The van der Waals surface area contributed by atoms with Crippen molar-refractivity contribution in [1.82, 2.24) is 10.2 Å². The molecule has 7 heteroatoms. The van der Waals surface area contributed by atoms with E-state index >= 15 is 0 Å². The summed E-state index contributed by atoms with van der Waals surface area (Å²) >= 11 is 6.19. The Labute approximate surface area is 180 Å². The first-order valence-corrected chi connectivity index (χ1v) is 10.4. The molecule has 2 aliphatic heterocycles. The van der Waals surface area contributed by atoms with Crippen molar-refractivity contribution in [1.29, 1.82) is 0 Å². The van der Waals surface area contributed by atoms with Gasteiger partial charge in [-0.3, -0.25) is 19.3 Å². The molecule has 0 saturated carbocycles. The number of imide groups is 1. The molecule has 4 rings (SSSR count). The molecule has 2 aromatic rings. The van der Waals surface area contributed by atoms with Gasteiger partial charge in [0.15, 0.2) is 0 Å². The predicted octanol–water partition coefficient (Wildman–Crippen LogP) is 3.19. The largest absolute Gasteiger partial charge is 0.381 e. The van der Waals surface area contributed by atoms with Crippen LogP contribution in [0.4, 0.5) is 0 Å². The summed E-state index contributed by atoms with van der Waals surface area (Å²) in [4.78, 5) is 38.6. The molecule has 3 amide bonds. The molecule has 1 fully saturated rings. The van der Waals surface area contributed by atoms with Gasteiger partial charge in [-0.25, -0.2) is 0 Å². The van der Waals surface area contributed by atoms with Gasteiger partial charge in [-0.2, -0.15) is 0 Å². The number of amides is 3. The molecular formula is C23H23ClN2O4. The molecule has 6 nitrogen and oxygen atoms in total. The Bertz CT molecular complexity index is 950. The summed E-state index contributed by atoms with van der Waals surface area (Å²) in [6, 6.07) is 14.4. The summed E-state index contributed by atoms with van der Waals surface area (Å²) < 4.78 is 5.53. The summed E-state index contributed by atoms with van der Waals surface area (Å²) in [5.41, 5.74) is 1.63. The number of halogens is 1. The van der Waals surface area contributed by atoms with Crippen molar-refractivity contribution in [2.24, 2.45) is 0 Å². The Kier molecular flexibility index (Phi) is 5.88. The summed E-state index contributed by atoms with van der Waals surface area (Å²) in [7, 11) is 0. The van der Waals surface area contributed by atoms with E-state index in [1.54, 1.807) is 24.3 Å². The number of ether oxygens (including phenoxy) is 1. The predicted molar refractivity (Wildman–Crippen MR) is 113 cm³/mol. The van der Waals surface area contributed by atoms with Crippen molar-refractivity contribution >= 4 is 29.3 Å². The number of carbonyl (C=O) groups is 3. The topological polar surface area (TPSA) is 75.7 Å². The third kappa shape index (κ3) is 3.98. The first-order valence-electron chi connectivity index (χ1n) is 10.1. The summed E-state index contributed by atoms with van der Waals surface area (Å²) in [6.45, 7) is 1.76. The number of carbonyl (C=O) groups excluding carboxylic acids is 3. The van der Waals surface area contributed by atoms with Crippen LogP contribution in [0, 0.1) is 0 Å². The average molecular weight is 427 g/mol. The Balaban J connectivity index is 1.38. The van der Waals surface area contributed by atoms with Gasteiger partial charge in [0, 0.05) is 43.2 Å². The number of nitrogens with one attached hydrogen (secondary N) is 1. The normalized spacial score (nSPS) is 17.7. The number of benzene rings is 2. The van der Waals surface area contributed by atoms with Gasteiger partial charge < -0.3 is 10.1 Å². The van der Waals surface area contributed by atoms with Crippen molar-refractivity contribution in [2.45, 2.75) is 24.7 Å². The van der Waals surface area contributed by atoms with E-state index in [0.29, 0.717) is 35.9 Å². The molecule has 2 aliphatic rings. The van der Waals surface area contributed by atoms with Gasteiger partial charge in [-0.1, -0.05) is 35.9 Å². The summed E-state index contributed by atoms with van der Waals surface area (Å²) in [5.74, 6) is -0.883. The number of nitrogens with zero attached hydrogens (tertiary/aromatic N) is 1. The van der Waals surface area contributed by atoms with Gasteiger partial charge in [0.25, 0.3) is 11.8 Å². The molecule has 1 saturated heterocycles. The minimum Gasteiger partial charge on any atom is -0.381 e. The minimum atomic E-state index is -0.344. The van der Waals surface area contributed by atoms with Crippen molar-refractivity contribution in [3.63, 3.8) is 0 Å². The summed E-state index contributed by atoms with van der Waals surface area (Å²) in [5, 5.41) is 3.66. The molecule has 2 aromatic carbocycles. The number of hydrogen-bond donors (Lipinski definition) is 1. The quantitative estimate of drug-likeness (QED) is 0.720. The Hall–Kier alpha value is -2.70. The third-order valence-corrected chi connectivity index (χ3v) is 6.19. The molecule has 0 aromatic heterocycles. The maximum Gasteiger partial charge on any atom is 0.261 e. The molecule has 2 heterocycles. The number of fused-ring (bicyclic) bond motifs is 1. The number of rotatable bonds is 6. The SMILES string of the molecule is O=C(CCN1C(=O)c2ccccc2C1=O)NCC1(c2cccc(Cl)c2)CCOCC1. The monoisotopic (exact) mass is 426 g/mol. The van der Waals surface area contributed by atoms with E-state index in [2.05, 4.69) is 5.32 Å². The highest BCUT2D eigenvalue weighted by atomic mass is 35.5. The maximum absolute atomic E-state index is 12.6. The molecule has 0 radical (unpaired) electrons. The zero-order chi connectivity index (χ0) is 21.1. The first kappa shape index (κ1) is 20.6. The molecule has 1 N–H and O–H groups in total. The van der Waals surface area contributed by atoms with Gasteiger partial charge >= 0.3 is 0 Å². The van der Waals surface area contributed by atoms with Crippen molar-refractivity contribution in [3.05, 3.63) is 70.2 Å². The van der Waals surface area contributed by atoms with Crippen LogP contribution in [-0.2, 0) is 14.9 Å². The lowest BCUT2D eigenvalue weighted by Crippen LogP contribution is -2.45. The standard InChI is InChI=1S/C23H23ClN2O4/c24-17-5-3-4-16(14-17)23(9-12-30-13-10-23)15-25-20(27)8-11-26-21(28)18-6-1-2-7-19(18)22(26)29/h1-7,14H,8-13,15H2,(H,25,27). The zero-order valence-electron chi connectivity index (χ0n) is 16.5. The Morgan fingerprint density at radius 1 is 1.03 bits per heavy atom. The minimum absolute atomic E-state index is 0.0610. The molecule has 156 valence electrons. The van der Waals surface area contributed by atoms with Crippen LogP contribution < -0.4 is 5.32 Å². The summed E-state index contributed by atoms with van der Waals surface area (Å²) in [6.07, 6.45) is 1.63. The van der Waals surface area contributed by atoms with Crippen molar-refractivity contribution in [2.75, 3.05) is 26.3 Å². The first-order chi connectivity index (χ1) is 14.5. The second-order valence-corrected chi connectivity index (χ2v) is 8.17. The highest BCUT2D eigenvalue weighted by Crippen LogP contribution is 2.35. The Morgan fingerprint density at radius 2 is 1.70 bits per heavy atom. The van der Waals surface area contributed by atoms with E-state index < -0.39 is 0 Å². The second kappa shape index (κ2) is 8.58. The van der Waals surface area contributed by atoms with Crippen molar-refractivity contribution < 1.29 is 19.1 Å². The fourth-order valence-corrected chi connectivity index (χ4v) is 4.35. The molecule has 0 bridgehead atoms.